The maximum absolute atomic E-state index is 12.8. The van der Waals surface area contributed by atoms with Crippen molar-refractivity contribution in [3.05, 3.63) is 24.8 Å². The molecule has 0 radical (unpaired) electrons. The lowest BCUT2D eigenvalue weighted by Crippen LogP contribution is -2.72. The van der Waals surface area contributed by atoms with Gasteiger partial charge < -0.3 is 5.73 Å². The van der Waals surface area contributed by atoms with Gasteiger partial charge in [0.15, 0.2) is 5.78 Å². The van der Waals surface area contributed by atoms with Crippen LogP contribution in [0, 0.1) is 27.6 Å². The third-order valence-corrected chi connectivity index (χ3v) is 5.91. The summed E-state index contributed by atoms with van der Waals surface area (Å²) >= 11 is 0. The minimum atomic E-state index is -1.17. The van der Waals surface area contributed by atoms with Gasteiger partial charge in [-0.25, -0.2) is 0 Å². The van der Waals surface area contributed by atoms with Gasteiger partial charge in [-0.1, -0.05) is 46.4 Å². The molecule has 1 aliphatic carbocycles. The molecule has 0 spiro atoms. The second kappa shape index (κ2) is 5.82. The van der Waals surface area contributed by atoms with Crippen LogP contribution in [0.15, 0.2) is 24.8 Å². The molecule has 2 rings (SSSR count). The lowest BCUT2D eigenvalue weighted by Gasteiger charge is -2.59. The van der Waals surface area contributed by atoms with Crippen molar-refractivity contribution in [1.29, 1.82) is 5.26 Å². The summed E-state index contributed by atoms with van der Waals surface area (Å²) in [7, 11) is 0. The molecule has 0 aromatic carbocycles. The molecule has 4 heteroatoms. The SMILES string of the molecule is C=CC(=O)C1(N)CC(C)(C#N)CCN1C1C(C)(C)C=CCC1(C)C. The molecule has 0 saturated carbocycles. The largest absolute Gasteiger partial charge is 0.307 e. The highest BCUT2D eigenvalue weighted by molar-refractivity contribution is 5.97. The number of ketones is 1. The maximum Gasteiger partial charge on any atom is 0.189 e. The normalized spacial score (nSPS) is 38.3. The van der Waals surface area contributed by atoms with Crippen LogP contribution in [0.25, 0.3) is 0 Å². The van der Waals surface area contributed by atoms with Gasteiger partial charge in [0.1, 0.15) is 5.66 Å². The van der Waals surface area contributed by atoms with Gasteiger partial charge in [-0.3, -0.25) is 9.69 Å². The van der Waals surface area contributed by atoms with E-state index >= 15 is 0 Å². The standard InChI is InChI=1S/C20H31N3O/c1-7-15(24)20(22)13-19(6,14-21)11-12-23(20)16-17(2,3)9-8-10-18(16,4)5/h7-9,16H,1,10-13,22H2,2-6H3. The summed E-state index contributed by atoms with van der Waals surface area (Å²) < 4.78 is 0. The molecule has 132 valence electrons. The number of rotatable bonds is 3. The molecule has 2 aliphatic rings. The third-order valence-electron chi connectivity index (χ3n) is 5.91. The van der Waals surface area contributed by atoms with E-state index in [2.05, 4.69) is 57.4 Å². The maximum atomic E-state index is 12.8. The molecule has 4 nitrogen and oxygen atoms in total. The first kappa shape index (κ1) is 18.9. The average Bonchev–Trinajstić information content (AvgIpc) is 2.47. The number of nitrogens with zero attached hydrogens (tertiary/aromatic N) is 2. The molecule has 3 unspecified atom stereocenters. The van der Waals surface area contributed by atoms with Crippen LogP contribution in [0.3, 0.4) is 0 Å². The zero-order valence-electron chi connectivity index (χ0n) is 15.7. The van der Waals surface area contributed by atoms with Crippen molar-refractivity contribution in [2.24, 2.45) is 22.0 Å². The van der Waals surface area contributed by atoms with Crippen molar-refractivity contribution in [2.45, 2.75) is 65.6 Å². The van der Waals surface area contributed by atoms with E-state index in [4.69, 9.17) is 5.73 Å². The third kappa shape index (κ3) is 2.96. The Morgan fingerprint density at radius 3 is 2.50 bits per heavy atom. The van der Waals surface area contributed by atoms with E-state index in [1.165, 1.54) is 6.08 Å². The molecular formula is C20H31N3O. The number of carbonyl (C=O) groups is 1. The van der Waals surface area contributed by atoms with Crippen molar-refractivity contribution in [2.75, 3.05) is 6.54 Å². The Labute approximate surface area is 146 Å². The number of nitriles is 1. The predicted molar refractivity (Wildman–Crippen MR) is 96.9 cm³/mol. The van der Waals surface area contributed by atoms with E-state index in [0.717, 1.165) is 12.8 Å². The molecule has 0 amide bonds. The van der Waals surface area contributed by atoms with Gasteiger partial charge in [0, 0.05) is 19.0 Å². The van der Waals surface area contributed by atoms with Gasteiger partial charge in [0.05, 0.1) is 11.5 Å². The predicted octanol–water partition coefficient (Wildman–Crippen LogP) is 3.40. The van der Waals surface area contributed by atoms with Crippen molar-refractivity contribution >= 4 is 5.78 Å². The van der Waals surface area contributed by atoms with Gasteiger partial charge in [-0.05, 0) is 36.7 Å². The second-order valence-electron chi connectivity index (χ2n) is 9.10. The Bertz CT molecular complexity index is 613. The molecule has 0 aromatic heterocycles. The first-order chi connectivity index (χ1) is 10.9. The highest BCUT2D eigenvalue weighted by Gasteiger charge is 2.56. The van der Waals surface area contributed by atoms with E-state index in [0.29, 0.717) is 13.0 Å². The Morgan fingerprint density at radius 1 is 1.38 bits per heavy atom. The van der Waals surface area contributed by atoms with Crippen LogP contribution in [0.2, 0.25) is 0 Å². The molecule has 1 saturated heterocycles. The van der Waals surface area contributed by atoms with Crippen molar-refractivity contribution in [3.8, 4) is 6.07 Å². The number of likely N-dealkylation sites (tertiary alicyclic amines) is 1. The van der Waals surface area contributed by atoms with Crippen LogP contribution in [0.5, 0.6) is 0 Å². The van der Waals surface area contributed by atoms with Gasteiger partial charge in [0.25, 0.3) is 0 Å². The van der Waals surface area contributed by atoms with Crippen molar-refractivity contribution in [3.63, 3.8) is 0 Å². The summed E-state index contributed by atoms with van der Waals surface area (Å²) in [5.74, 6) is -0.190. The fourth-order valence-corrected chi connectivity index (χ4v) is 4.91. The average molecular weight is 329 g/mol. The highest BCUT2D eigenvalue weighted by Crippen LogP contribution is 2.50. The Kier molecular flexibility index (Phi) is 4.58. The lowest BCUT2D eigenvalue weighted by atomic mass is 9.61. The highest BCUT2D eigenvalue weighted by atomic mass is 16.1. The van der Waals surface area contributed by atoms with Crippen LogP contribution >= 0.6 is 0 Å². The molecule has 0 bridgehead atoms. The van der Waals surface area contributed by atoms with E-state index < -0.39 is 11.1 Å². The van der Waals surface area contributed by atoms with E-state index in [-0.39, 0.29) is 22.7 Å². The zero-order valence-corrected chi connectivity index (χ0v) is 15.7. The first-order valence-corrected chi connectivity index (χ1v) is 8.73. The Hall–Kier alpha value is -1.44. The summed E-state index contributed by atoms with van der Waals surface area (Å²) in [4.78, 5) is 14.9. The van der Waals surface area contributed by atoms with E-state index in [9.17, 15) is 10.1 Å². The van der Waals surface area contributed by atoms with Gasteiger partial charge in [-0.2, -0.15) is 5.26 Å². The molecule has 2 N–H and O–H groups in total. The van der Waals surface area contributed by atoms with Gasteiger partial charge in [-0.15, -0.1) is 0 Å². The van der Waals surface area contributed by atoms with Gasteiger partial charge in [0.2, 0.25) is 0 Å². The molecule has 1 fully saturated rings. The fourth-order valence-electron chi connectivity index (χ4n) is 4.91. The number of hydrogen-bond acceptors (Lipinski definition) is 4. The van der Waals surface area contributed by atoms with Crippen LogP contribution in [-0.4, -0.2) is 28.9 Å². The second-order valence-corrected chi connectivity index (χ2v) is 9.10. The quantitative estimate of drug-likeness (QED) is 0.636. The number of allylic oxidation sites excluding steroid dienone is 1. The minimum Gasteiger partial charge on any atom is -0.307 e. The summed E-state index contributed by atoms with van der Waals surface area (Å²) in [5, 5.41) is 9.57. The molecule has 3 atom stereocenters. The molecule has 24 heavy (non-hydrogen) atoms. The van der Waals surface area contributed by atoms with Crippen LogP contribution in [0.4, 0.5) is 0 Å². The van der Waals surface area contributed by atoms with E-state index in [1.54, 1.807) is 0 Å². The monoisotopic (exact) mass is 329 g/mol. The number of carbonyl (C=O) groups excluding carboxylic acids is 1. The summed E-state index contributed by atoms with van der Waals surface area (Å²) in [5.41, 5.74) is 4.85. The summed E-state index contributed by atoms with van der Waals surface area (Å²) in [6.07, 6.45) is 7.79. The molecule has 0 aromatic rings. The minimum absolute atomic E-state index is 0.00922. The van der Waals surface area contributed by atoms with Gasteiger partial charge >= 0.3 is 0 Å². The smallest absolute Gasteiger partial charge is 0.189 e. The lowest BCUT2D eigenvalue weighted by molar-refractivity contribution is -0.143. The molecule has 1 heterocycles. The Morgan fingerprint density at radius 2 is 2.00 bits per heavy atom. The molecule has 1 aliphatic heterocycles. The van der Waals surface area contributed by atoms with Crippen LogP contribution in [0.1, 0.15) is 53.9 Å². The Balaban J connectivity index is 2.54. The van der Waals surface area contributed by atoms with Crippen molar-refractivity contribution in [1.82, 2.24) is 4.90 Å². The first-order valence-electron chi connectivity index (χ1n) is 8.73. The van der Waals surface area contributed by atoms with Crippen LogP contribution in [-0.2, 0) is 4.79 Å². The number of piperidine rings is 1. The van der Waals surface area contributed by atoms with Crippen molar-refractivity contribution < 1.29 is 4.79 Å². The summed E-state index contributed by atoms with van der Waals surface area (Å²) in [6.45, 7) is 15.1. The molecular weight excluding hydrogens is 298 g/mol. The summed E-state index contributed by atoms with van der Waals surface area (Å²) in [6, 6.07) is 2.49. The number of hydrogen-bond donors (Lipinski definition) is 1. The zero-order chi connectivity index (χ0) is 18.4. The fraction of sp³-hybridized carbons (Fsp3) is 0.700. The van der Waals surface area contributed by atoms with Crippen LogP contribution < -0.4 is 5.73 Å². The topological polar surface area (TPSA) is 70.1 Å². The van der Waals surface area contributed by atoms with E-state index in [1.807, 2.05) is 6.92 Å². The number of nitrogens with two attached hydrogens (primary N) is 1.